The van der Waals surface area contributed by atoms with Crippen LogP contribution in [-0.2, 0) is 10.2 Å². The number of aromatic amines is 1. The average molecular weight is 350 g/mol. The van der Waals surface area contributed by atoms with Gasteiger partial charge in [0.15, 0.2) is 11.6 Å². The average Bonchev–Trinajstić information content (AvgIpc) is 3.38. The summed E-state index contributed by atoms with van der Waals surface area (Å²) in [7, 11) is 0. The quantitative estimate of drug-likeness (QED) is 0.675. The van der Waals surface area contributed by atoms with Crippen molar-refractivity contribution < 1.29 is 9.21 Å². The number of aryl methyl sites for hydroxylation is 1. The molecule has 0 saturated carbocycles. The van der Waals surface area contributed by atoms with Crippen molar-refractivity contribution >= 4 is 11.7 Å². The molecule has 26 heavy (non-hydrogen) atoms. The van der Waals surface area contributed by atoms with Crippen LogP contribution >= 0.6 is 0 Å². The number of amides is 1. The molecule has 0 radical (unpaired) electrons. The van der Waals surface area contributed by atoms with E-state index in [0.29, 0.717) is 18.1 Å². The summed E-state index contributed by atoms with van der Waals surface area (Å²) in [4.78, 5) is 13.2. The lowest BCUT2D eigenvalue weighted by molar-refractivity contribution is -0.121. The zero-order valence-electron chi connectivity index (χ0n) is 14.9. The van der Waals surface area contributed by atoms with Gasteiger partial charge in [-0.2, -0.15) is 5.10 Å². The highest BCUT2D eigenvalue weighted by Gasteiger charge is 2.43. The normalized spacial score (nSPS) is 19.6. The fraction of sp³-hybridized carbons (Fsp3) is 0.300. The molecule has 6 nitrogen and oxygen atoms in total. The highest BCUT2D eigenvalue weighted by Crippen LogP contribution is 2.33. The fourth-order valence-corrected chi connectivity index (χ4v) is 3.58. The summed E-state index contributed by atoms with van der Waals surface area (Å²) in [5.74, 6) is 2.06. The molecule has 1 fully saturated rings. The molecule has 4 rings (SSSR count). The van der Waals surface area contributed by atoms with Gasteiger partial charge in [0.05, 0.1) is 5.41 Å². The van der Waals surface area contributed by atoms with Gasteiger partial charge in [0.1, 0.15) is 11.5 Å². The van der Waals surface area contributed by atoms with Gasteiger partial charge in [0, 0.05) is 12.1 Å². The summed E-state index contributed by atoms with van der Waals surface area (Å²) in [6.07, 6.45) is 0.760. The highest BCUT2D eigenvalue weighted by molar-refractivity contribution is 6.00. The van der Waals surface area contributed by atoms with Crippen LogP contribution in [0.4, 0.5) is 5.82 Å². The number of carbonyl (C=O) groups is 1. The van der Waals surface area contributed by atoms with Crippen LogP contribution in [0.3, 0.4) is 0 Å². The third kappa shape index (κ3) is 2.72. The van der Waals surface area contributed by atoms with Crippen molar-refractivity contribution in [3.05, 3.63) is 59.4 Å². The van der Waals surface area contributed by atoms with Gasteiger partial charge >= 0.3 is 0 Å². The molecule has 0 aliphatic carbocycles. The number of hydrogen-bond acceptors (Lipinski definition) is 4. The molecule has 1 unspecified atom stereocenters. The minimum Gasteiger partial charge on any atom is -0.460 e. The molecule has 1 saturated heterocycles. The van der Waals surface area contributed by atoms with Crippen LogP contribution < -0.4 is 10.6 Å². The first kappa shape index (κ1) is 16.6. The second-order valence-corrected chi connectivity index (χ2v) is 6.81. The van der Waals surface area contributed by atoms with Crippen LogP contribution in [0.2, 0.25) is 0 Å². The molecule has 3 heterocycles. The Bertz CT molecular complexity index is 920. The molecule has 2 aromatic heterocycles. The molecule has 1 aliphatic heterocycles. The molecule has 6 heteroatoms. The molecular weight excluding hydrogens is 328 g/mol. The molecule has 0 spiro atoms. The molecule has 1 aliphatic rings. The van der Waals surface area contributed by atoms with Crippen molar-refractivity contribution in [2.24, 2.45) is 0 Å². The van der Waals surface area contributed by atoms with Crippen LogP contribution in [0.25, 0.3) is 11.5 Å². The van der Waals surface area contributed by atoms with Gasteiger partial charge in [-0.1, -0.05) is 30.3 Å². The fourth-order valence-electron chi connectivity index (χ4n) is 3.58. The largest absolute Gasteiger partial charge is 0.460 e. The second kappa shape index (κ2) is 6.46. The number of nitrogens with zero attached hydrogens (tertiary/aromatic N) is 1. The van der Waals surface area contributed by atoms with Crippen LogP contribution in [0, 0.1) is 13.8 Å². The van der Waals surface area contributed by atoms with Gasteiger partial charge in [-0.15, -0.1) is 0 Å². The predicted octanol–water partition coefficient (Wildman–Crippen LogP) is 3.16. The molecule has 1 atom stereocenters. The Morgan fingerprint density at radius 1 is 1.19 bits per heavy atom. The maximum Gasteiger partial charge on any atom is 0.237 e. The van der Waals surface area contributed by atoms with E-state index in [0.717, 1.165) is 35.5 Å². The first-order valence-electron chi connectivity index (χ1n) is 8.80. The first-order chi connectivity index (χ1) is 12.6. The van der Waals surface area contributed by atoms with Crippen LogP contribution in [-0.4, -0.2) is 29.2 Å². The summed E-state index contributed by atoms with van der Waals surface area (Å²) in [5.41, 5.74) is 2.10. The smallest absolute Gasteiger partial charge is 0.237 e. The number of H-pyrrole nitrogens is 1. The Morgan fingerprint density at radius 3 is 2.65 bits per heavy atom. The molecule has 134 valence electrons. The Hall–Kier alpha value is -2.86. The number of rotatable bonds is 4. The summed E-state index contributed by atoms with van der Waals surface area (Å²) >= 11 is 0. The number of furan rings is 1. The lowest BCUT2D eigenvalue weighted by atomic mass is 9.78. The van der Waals surface area contributed by atoms with Gasteiger partial charge in [-0.3, -0.25) is 9.89 Å². The first-order valence-corrected chi connectivity index (χ1v) is 8.80. The SMILES string of the molecule is Cc1ccc(-c2[nH]nc(NC(=O)C3(c4ccccc4)CCNC3)c2C)o1. The Labute approximate surface area is 152 Å². The molecule has 1 aromatic carbocycles. The van der Waals surface area contributed by atoms with Crippen LogP contribution in [0.15, 0.2) is 46.9 Å². The van der Waals surface area contributed by atoms with E-state index in [4.69, 9.17) is 4.42 Å². The lowest BCUT2D eigenvalue weighted by Gasteiger charge is -2.27. The van der Waals surface area contributed by atoms with E-state index >= 15 is 0 Å². The zero-order valence-corrected chi connectivity index (χ0v) is 14.9. The summed E-state index contributed by atoms with van der Waals surface area (Å²) in [6.45, 7) is 5.26. The third-order valence-electron chi connectivity index (χ3n) is 5.14. The van der Waals surface area contributed by atoms with E-state index in [2.05, 4.69) is 20.8 Å². The van der Waals surface area contributed by atoms with Gasteiger partial charge in [-0.25, -0.2) is 0 Å². The van der Waals surface area contributed by atoms with Gasteiger partial charge in [-0.05, 0) is 44.5 Å². The third-order valence-corrected chi connectivity index (χ3v) is 5.14. The minimum absolute atomic E-state index is 0.0366. The molecule has 3 aromatic rings. The van der Waals surface area contributed by atoms with Gasteiger partial charge < -0.3 is 15.1 Å². The van der Waals surface area contributed by atoms with Crippen molar-refractivity contribution in [2.75, 3.05) is 18.4 Å². The highest BCUT2D eigenvalue weighted by atomic mass is 16.3. The maximum absolute atomic E-state index is 13.2. The van der Waals surface area contributed by atoms with Crippen molar-refractivity contribution in [1.82, 2.24) is 15.5 Å². The van der Waals surface area contributed by atoms with Crippen molar-refractivity contribution in [1.29, 1.82) is 0 Å². The minimum atomic E-state index is -0.575. The standard InChI is InChI=1S/C20H22N4O2/c1-13-8-9-16(26-13)17-14(2)18(24-23-17)22-19(25)20(10-11-21-12-20)15-6-4-3-5-7-15/h3-9,21H,10-12H2,1-2H3,(H2,22,23,24,25). The second-order valence-electron chi connectivity index (χ2n) is 6.81. The number of nitrogens with one attached hydrogen (secondary N) is 3. The Morgan fingerprint density at radius 2 is 2.00 bits per heavy atom. The maximum atomic E-state index is 13.2. The van der Waals surface area contributed by atoms with Crippen molar-refractivity contribution in [2.45, 2.75) is 25.7 Å². The summed E-state index contributed by atoms with van der Waals surface area (Å²) in [5, 5.41) is 13.6. The van der Waals surface area contributed by atoms with E-state index in [1.54, 1.807) is 0 Å². The Kier molecular flexibility index (Phi) is 4.12. The molecular formula is C20H22N4O2. The van der Waals surface area contributed by atoms with E-state index in [-0.39, 0.29) is 5.91 Å². The molecule has 0 bridgehead atoms. The number of benzene rings is 1. The number of carbonyl (C=O) groups excluding carboxylic acids is 1. The topological polar surface area (TPSA) is 83.0 Å². The summed E-state index contributed by atoms with van der Waals surface area (Å²) in [6, 6.07) is 13.7. The number of aromatic nitrogens is 2. The van der Waals surface area contributed by atoms with Crippen LogP contribution in [0.1, 0.15) is 23.3 Å². The lowest BCUT2D eigenvalue weighted by Crippen LogP contribution is -2.42. The van der Waals surface area contributed by atoms with Crippen molar-refractivity contribution in [3.63, 3.8) is 0 Å². The number of hydrogen-bond donors (Lipinski definition) is 3. The number of anilines is 1. The van der Waals surface area contributed by atoms with Gasteiger partial charge in [0.2, 0.25) is 5.91 Å². The van der Waals surface area contributed by atoms with E-state index in [9.17, 15) is 4.79 Å². The molecule has 3 N–H and O–H groups in total. The monoisotopic (exact) mass is 350 g/mol. The van der Waals surface area contributed by atoms with Gasteiger partial charge in [0.25, 0.3) is 0 Å². The predicted molar refractivity (Wildman–Crippen MR) is 100 cm³/mol. The zero-order chi connectivity index (χ0) is 18.1. The van der Waals surface area contributed by atoms with E-state index in [1.807, 2.05) is 56.3 Å². The van der Waals surface area contributed by atoms with Crippen molar-refractivity contribution in [3.8, 4) is 11.5 Å². The molecule has 1 amide bonds. The van der Waals surface area contributed by atoms with E-state index < -0.39 is 5.41 Å². The van der Waals surface area contributed by atoms with E-state index in [1.165, 1.54) is 0 Å². The summed E-state index contributed by atoms with van der Waals surface area (Å²) < 4.78 is 5.66. The van der Waals surface area contributed by atoms with Crippen LogP contribution in [0.5, 0.6) is 0 Å². The Balaban J connectivity index is 1.63.